The summed E-state index contributed by atoms with van der Waals surface area (Å²) in [5.74, 6) is -1.41. The van der Waals surface area contributed by atoms with Crippen LogP contribution in [-0.2, 0) is 9.59 Å². The van der Waals surface area contributed by atoms with Crippen LogP contribution in [0.25, 0.3) is 6.08 Å². The predicted molar refractivity (Wildman–Crippen MR) is 62.1 cm³/mol. The Bertz CT molecular complexity index is 516. The van der Waals surface area contributed by atoms with Gasteiger partial charge in [-0.3, -0.25) is 9.59 Å². The van der Waals surface area contributed by atoms with Crippen molar-refractivity contribution >= 4 is 17.8 Å². The van der Waals surface area contributed by atoms with Crippen LogP contribution >= 0.6 is 0 Å². The van der Waals surface area contributed by atoms with Crippen molar-refractivity contribution in [2.24, 2.45) is 17.8 Å². The van der Waals surface area contributed by atoms with Gasteiger partial charge in [-0.05, 0) is 29.6 Å². The molecule has 1 aromatic carbocycles. The molecule has 1 aromatic rings. The Morgan fingerprint density at radius 2 is 2.00 bits per heavy atom. The van der Waals surface area contributed by atoms with Crippen LogP contribution in [0.5, 0.6) is 0 Å². The van der Waals surface area contributed by atoms with Crippen molar-refractivity contribution in [2.75, 3.05) is 0 Å². The molecule has 0 amide bonds. The number of ketones is 1. The number of hydrogen-bond donors (Lipinski definition) is 1. The van der Waals surface area contributed by atoms with E-state index >= 15 is 0 Å². The summed E-state index contributed by atoms with van der Waals surface area (Å²) in [7, 11) is 0. The van der Waals surface area contributed by atoms with Crippen LogP contribution in [0.1, 0.15) is 12.0 Å². The first-order chi connectivity index (χ1) is 8.18. The molecule has 0 aromatic heterocycles. The minimum absolute atomic E-state index is 0.0336. The maximum atomic E-state index is 11.9. The summed E-state index contributed by atoms with van der Waals surface area (Å²) in [5.41, 5.74) is 1.78. The minimum Gasteiger partial charge on any atom is -0.481 e. The minimum atomic E-state index is -0.827. The summed E-state index contributed by atoms with van der Waals surface area (Å²) in [6, 6.07) is 9.66. The molecule has 2 unspecified atom stereocenters. The molecular formula is C14H12O3. The Morgan fingerprint density at radius 1 is 1.29 bits per heavy atom. The molecule has 0 bridgehead atoms. The third-order valence-corrected chi connectivity index (χ3v) is 3.67. The summed E-state index contributed by atoms with van der Waals surface area (Å²) in [6.45, 7) is 0. The lowest BCUT2D eigenvalue weighted by atomic mass is 10.0. The van der Waals surface area contributed by atoms with Gasteiger partial charge >= 0.3 is 5.97 Å². The molecule has 3 nitrogen and oxygen atoms in total. The van der Waals surface area contributed by atoms with Gasteiger partial charge < -0.3 is 5.11 Å². The highest BCUT2D eigenvalue weighted by atomic mass is 16.4. The van der Waals surface area contributed by atoms with Gasteiger partial charge in [-0.15, -0.1) is 0 Å². The zero-order valence-corrected chi connectivity index (χ0v) is 9.17. The van der Waals surface area contributed by atoms with Crippen LogP contribution in [0.15, 0.2) is 35.9 Å². The number of benzene rings is 1. The molecule has 2 saturated carbocycles. The molecule has 2 aliphatic carbocycles. The number of carboxylic acid groups (broad SMARTS) is 1. The summed E-state index contributed by atoms with van der Waals surface area (Å²) in [5, 5.41) is 8.88. The Kier molecular flexibility index (Phi) is 2.15. The molecule has 3 rings (SSSR count). The third kappa shape index (κ3) is 1.58. The van der Waals surface area contributed by atoms with Gasteiger partial charge in [0.1, 0.15) is 0 Å². The highest BCUT2D eigenvalue weighted by molar-refractivity contribution is 6.08. The number of carboxylic acids is 1. The lowest BCUT2D eigenvalue weighted by molar-refractivity contribution is -0.140. The SMILES string of the molecule is O=C1C(=Cc2ccccc2)CC2C1[C@H]2C(=O)O. The topological polar surface area (TPSA) is 54.4 Å². The van der Waals surface area contributed by atoms with Crippen molar-refractivity contribution < 1.29 is 14.7 Å². The predicted octanol–water partition coefficient (Wildman–Crippen LogP) is 1.99. The number of fused-ring (bicyclic) bond motifs is 1. The average Bonchev–Trinajstić information content (AvgIpc) is 2.95. The second-order valence-electron chi connectivity index (χ2n) is 4.70. The van der Waals surface area contributed by atoms with Gasteiger partial charge in [0.15, 0.2) is 5.78 Å². The van der Waals surface area contributed by atoms with Gasteiger partial charge in [-0.1, -0.05) is 30.3 Å². The molecule has 3 atom stereocenters. The second kappa shape index (κ2) is 3.55. The van der Waals surface area contributed by atoms with Gasteiger partial charge in [-0.25, -0.2) is 0 Å². The second-order valence-corrected chi connectivity index (χ2v) is 4.70. The summed E-state index contributed by atoms with van der Waals surface area (Å²) < 4.78 is 0. The Labute approximate surface area is 98.8 Å². The van der Waals surface area contributed by atoms with Crippen molar-refractivity contribution in [3.63, 3.8) is 0 Å². The van der Waals surface area contributed by atoms with E-state index in [0.29, 0.717) is 6.42 Å². The molecule has 1 N–H and O–H groups in total. The van der Waals surface area contributed by atoms with Gasteiger partial charge in [0.05, 0.1) is 5.92 Å². The van der Waals surface area contributed by atoms with Crippen LogP contribution < -0.4 is 0 Å². The van der Waals surface area contributed by atoms with Crippen molar-refractivity contribution in [1.82, 2.24) is 0 Å². The zero-order chi connectivity index (χ0) is 12.0. The van der Waals surface area contributed by atoms with Crippen LogP contribution in [-0.4, -0.2) is 16.9 Å². The van der Waals surface area contributed by atoms with E-state index < -0.39 is 11.9 Å². The van der Waals surface area contributed by atoms with E-state index in [9.17, 15) is 9.59 Å². The largest absolute Gasteiger partial charge is 0.481 e. The number of allylic oxidation sites excluding steroid dienone is 1. The third-order valence-electron chi connectivity index (χ3n) is 3.67. The van der Waals surface area contributed by atoms with E-state index in [1.165, 1.54) is 0 Å². The van der Waals surface area contributed by atoms with E-state index in [1.54, 1.807) is 0 Å². The van der Waals surface area contributed by atoms with E-state index in [0.717, 1.165) is 11.1 Å². The highest BCUT2D eigenvalue weighted by Crippen LogP contribution is 2.57. The highest BCUT2D eigenvalue weighted by Gasteiger charge is 2.63. The number of Topliss-reactive ketones (excluding diaryl/α,β-unsaturated/α-hetero) is 1. The molecule has 86 valence electrons. The lowest BCUT2D eigenvalue weighted by Gasteiger charge is -2.02. The lowest BCUT2D eigenvalue weighted by Crippen LogP contribution is -2.10. The van der Waals surface area contributed by atoms with E-state index in [-0.39, 0.29) is 17.6 Å². The molecule has 2 aliphatic rings. The molecule has 0 heterocycles. The Balaban J connectivity index is 1.80. The van der Waals surface area contributed by atoms with E-state index in [1.807, 2.05) is 36.4 Å². The number of carbonyl (C=O) groups excluding carboxylic acids is 1. The maximum absolute atomic E-state index is 11.9. The van der Waals surface area contributed by atoms with Crippen molar-refractivity contribution in [1.29, 1.82) is 0 Å². The first-order valence-corrected chi connectivity index (χ1v) is 5.71. The quantitative estimate of drug-likeness (QED) is 0.787. The smallest absolute Gasteiger partial charge is 0.307 e. The van der Waals surface area contributed by atoms with Crippen LogP contribution in [0.2, 0.25) is 0 Å². The fourth-order valence-corrected chi connectivity index (χ4v) is 2.77. The molecule has 0 spiro atoms. The van der Waals surface area contributed by atoms with Crippen LogP contribution in [0.4, 0.5) is 0 Å². The zero-order valence-electron chi connectivity index (χ0n) is 9.17. The Morgan fingerprint density at radius 3 is 2.53 bits per heavy atom. The van der Waals surface area contributed by atoms with Gasteiger partial charge in [0.25, 0.3) is 0 Å². The van der Waals surface area contributed by atoms with Gasteiger partial charge in [0, 0.05) is 5.92 Å². The Hall–Kier alpha value is -1.90. The summed E-state index contributed by atoms with van der Waals surface area (Å²) in [4.78, 5) is 22.7. The molecule has 17 heavy (non-hydrogen) atoms. The fourth-order valence-electron chi connectivity index (χ4n) is 2.77. The average molecular weight is 228 g/mol. The molecular weight excluding hydrogens is 216 g/mol. The summed E-state index contributed by atoms with van der Waals surface area (Å²) in [6.07, 6.45) is 2.50. The maximum Gasteiger partial charge on any atom is 0.307 e. The number of carbonyl (C=O) groups is 2. The molecule has 3 heteroatoms. The standard InChI is InChI=1S/C14H12O3/c15-13-9(6-8-4-2-1-3-5-8)7-10-11(13)12(10)14(16)17/h1-6,10-12H,7H2,(H,16,17)/t10?,11?,12-/m0/s1. The number of aliphatic carboxylic acids is 1. The van der Waals surface area contributed by atoms with E-state index in [2.05, 4.69) is 0 Å². The number of rotatable bonds is 2. The monoisotopic (exact) mass is 228 g/mol. The first-order valence-electron chi connectivity index (χ1n) is 5.71. The van der Waals surface area contributed by atoms with E-state index in [4.69, 9.17) is 5.11 Å². The van der Waals surface area contributed by atoms with Crippen LogP contribution in [0, 0.1) is 17.8 Å². The summed E-state index contributed by atoms with van der Waals surface area (Å²) >= 11 is 0. The van der Waals surface area contributed by atoms with Gasteiger partial charge in [-0.2, -0.15) is 0 Å². The molecule has 0 radical (unpaired) electrons. The fraction of sp³-hybridized carbons (Fsp3) is 0.286. The normalized spacial score (nSPS) is 32.6. The molecule has 0 saturated heterocycles. The van der Waals surface area contributed by atoms with Crippen LogP contribution in [0.3, 0.4) is 0 Å². The number of hydrogen-bond acceptors (Lipinski definition) is 2. The molecule has 0 aliphatic heterocycles. The van der Waals surface area contributed by atoms with Crippen molar-refractivity contribution in [3.8, 4) is 0 Å². The van der Waals surface area contributed by atoms with Gasteiger partial charge in [0.2, 0.25) is 0 Å². The molecule has 2 fully saturated rings. The first kappa shape index (κ1) is 10.3. The van der Waals surface area contributed by atoms with Crippen molar-refractivity contribution in [3.05, 3.63) is 41.5 Å². The van der Waals surface area contributed by atoms with Crippen molar-refractivity contribution in [2.45, 2.75) is 6.42 Å².